The van der Waals surface area contributed by atoms with Gasteiger partial charge in [-0.25, -0.2) is 13.1 Å². The zero-order valence-corrected chi connectivity index (χ0v) is 11.8. The first-order valence-corrected chi connectivity index (χ1v) is 7.56. The predicted molar refractivity (Wildman–Crippen MR) is 66.7 cm³/mol. The molecule has 0 aliphatic carbocycles. The standard InChI is InChI=1S/C9H16BrN3O2S/c1-3-16(14,15)11-5-4-6-13-7-9(10)8(2)12-13/h7,11H,3-6H2,1-2H3. The average molecular weight is 310 g/mol. The highest BCUT2D eigenvalue weighted by Crippen LogP contribution is 2.13. The Morgan fingerprint density at radius 3 is 2.75 bits per heavy atom. The van der Waals surface area contributed by atoms with E-state index >= 15 is 0 Å². The van der Waals surface area contributed by atoms with E-state index < -0.39 is 10.0 Å². The van der Waals surface area contributed by atoms with Crippen LogP contribution in [0.25, 0.3) is 0 Å². The predicted octanol–water partition coefficient (Wildman–Crippen LogP) is 1.28. The van der Waals surface area contributed by atoms with Crippen LogP contribution in [0.3, 0.4) is 0 Å². The van der Waals surface area contributed by atoms with E-state index in [0.29, 0.717) is 13.1 Å². The lowest BCUT2D eigenvalue weighted by Crippen LogP contribution is -2.26. The van der Waals surface area contributed by atoms with E-state index in [1.165, 1.54) is 0 Å². The van der Waals surface area contributed by atoms with E-state index in [4.69, 9.17) is 0 Å². The number of aryl methyl sites for hydroxylation is 2. The van der Waals surface area contributed by atoms with Crippen LogP contribution in [0.4, 0.5) is 0 Å². The van der Waals surface area contributed by atoms with E-state index in [0.717, 1.165) is 16.6 Å². The third-order valence-corrected chi connectivity index (χ3v) is 4.34. The molecule has 0 atom stereocenters. The Labute approximate surface area is 104 Å². The second-order valence-electron chi connectivity index (χ2n) is 3.48. The molecule has 0 saturated carbocycles. The maximum Gasteiger partial charge on any atom is 0.211 e. The molecule has 0 aliphatic heterocycles. The van der Waals surface area contributed by atoms with Crippen molar-refractivity contribution in [2.24, 2.45) is 0 Å². The van der Waals surface area contributed by atoms with Crippen LogP contribution in [0.2, 0.25) is 0 Å². The minimum atomic E-state index is -3.07. The van der Waals surface area contributed by atoms with E-state index in [1.807, 2.05) is 13.1 Å². The fourth-order valence-corrected chi connectivity index (χ4v) is 2.15. The number of nitrogens with zero attached hydrogens (tertiary/aromatic N) is 2. The molecular formula is C9H16BrN3O2S. The fourth-order valence-electron chi connectivity index (χ4n) is 1.18. The van der Waals surface area contributed by atoms with E-state index in [2.05, 4.69) is 25.8 Å². The Morgan fingerprint density at radius 1 is 1.56 bits per heavy atom. The average Bonchev–Trinajstić information content (AvgIpc) is 2.54. The molecule has 5 nitrogen and oxygen atoms in total. The Kier molecular flexibility index (Phi) is 4.94. The van der Waals surface area contributed by atoms with Gasteiger partial charge in [0, 0.05) is 19.3 Å². The monoisotopic (exact) mass is 309 g/mol. The molecule has 1 heterocycles. The highest BCUT2D eigenvalue weighted by Gasteiger charge is 2.05. The summed E-state index contributed by atoms with van der Waals surface area (Å²) in [7, 11) is -3.07. The number of hydrogen-bond acceptors (Lipinski definition) is 3. The van der Waals surface area contributed by atoms with Crippen LogP contribution in [0.5, 0.6) is 0 Å². The summed E-state index contributed by atoms with van der Waals surface area (Å²) in [5, 5.41) is 4.26. The van der Waals surface area contributed by atoms with Crippen molar-refractivity contribution in [3.63, 3.8) is 0 Å². The summed E-state index contributed by atoms with van der Waals surface area (Å²) >= 11 is 3.37. The number of halogens is 1. The molecule has 0 aliphatic rings. The summed E-state index contributed by atoms with van der Waals surface area (Å²) in [4.78, 5) is 0. The van der Waals surface area contributed by atoms with E-state index in [9.17, 15) is 8.42 Å². The molecule has 1 aromatic heterocycles. The summed E-state index contributed by atoms with van der Waals surface area (Å²) in [6.07, 6.45) is 2.62. The first-order valence-electron chi connectivity index (χ1n) is 5.11. The van der Waals surface area contributed by atoms with Crippen molar-refractivity contribution in [2.75, 3.05) is 12.3 Å². The first-order chi connectivity index (χ1) is 7.44. The lowest BCUT2D eigenvalue weighted by molar-refractivity contribution is 0.552. The maximum absolute atomic E-state index is 11.1. The molecule has 1 aromatic rings. The number of nitrogens with one attached hydrogen (secondary N) is 1. The van der Waals surface area contributed by atoms with Crippen molar-refractivity contribution >= 4 is 26.0 Å². The molecule has 0 saturated heterocycles. The number of aromatic nitrogens is 2. The molecule has 1 rings (SSSR count). The molecule has 92 valence electrons. The van der Waals surface area contributed by atoms with Gasteiger partial charge in [-0.05, 0) is 36.2 Å². The van der Waals surface area contributed by atoms with Crippen LogP contribution in [0.1, 0.15) is 19.0 Å². The Hall–Kier alpha value is -0.400. The molecule has 16 heavy (non-hydrogen) atoms. The van der Waals surface area contributed by atoms with Crippen molar-refractivity contribution < 1.29 is 8.42 Å². The van der Waals surface area contributed by atoms with Crippen molar-refractivity contribution in [1.82, 2.24) is 14.5 Å². The van der Waals surface area contributed by atoms with Gasteiger partial charge in [0.15, 0.2) is 0 Å². The molecule has 0 amide bonds. The molecular weight excluding hydrogens is 294 g/mol. The van der Waals surface area contributed by atoms with Crippen molar-refractivity contribution in [1.29, 1.82) is 0 Å². The van der Waals surface area contributed by atoms with Crippen molar-refractivity contribution in [3.05, 3.63) is 16.4 Å². The molecule has 0 spiro atoms. The third kappa shape index (κ3) is 4.23. The molecule has 0 aromatic carbocycles. The first kappa shape index (κ1) is 13.7. The summed E-state index contributed by atoms with van der Waals surface area (Å²) < 4.78 is 27.6. The van der Waals surface area contributed by atoms with Gasteiger partial charge in [-0.2, -0.15) is 5.10 Å². The molecule has 1 N–H and O–H groups in total. The quantitative estimate of drug-likeness (QED) is 0.805. The normalized spacial score (nSPS) is 11.9. The van der Waals surface area contributed by atoms with Crippen molar-refractivity contribution in [2.45, 2.75) is 26.8 Å². The zero-order valence-electron chi connectivity index (χ0n) is 9.40. The van der Waals surface area contributed by atoms with Crippen LogP contribution in [0, 0.1) is 6.92 Å². The topological polar surface area (TPSA) is 64.0 Å². The van der Waals surface area contributed by atoms with Gasteiger partial charge in [0.2, 0.25) is 10.0 Å². The van der Waals surface area contributed by atoms with E-state index in [1.54, 1.807) is 11.6 Å². The molecule has 0 radical (unpaired) electrons. The molecule has 7 heteroatoms. The van der Waals surface area contributed by atoms with Crippen LogP contribution in [-0.4, -0.2) is 30.5 Å². The zero-order chi connectivity index (χ0) is 12.2. The van der Waals surface area contributed by atoms with Gasteiger partial charge < -0.3 is 0 Å². The van der Waals surface area contributed by atoms with Crippen LogP contribution in [-0.2, 0) is 16.6 Å². The summed E-state index contributed by atoms with van der Waals surface area (Å²) in [5.74, 6) is 0.124. The summed E-state index contributed by atoms with van der Waals surface area (Å²) in [6.45, 7) is 4.70. The lowest BCUT2D eigenvalue weighted by Gasteiger charge is -2.04. The largest absolute Gasteiger partial charge is 0.271 e. The Morgan fingerprint density at radius 2 is 2.25 bits per heavy atom. The second-order valence-corrected chi connectivity index (χ2v) is 6.43. The highest BCUT2D eigenvalue weighted by molar-refractivity contribution is 9.10. The van der Waals surface area contributed by atoms with Gasteiger partial charge in [-0.1, -0.05) is 0 Å². The number of rotatable bonds is 6. The van der Waals surface area contributed by atoms with Crippen LogP contribution in [0.15, 0.2) is 10.7 Å². The van der Waals surface area contributed by atoms with Crippen molar-refractivity contribution in [3.8, 4) is 0 Å². The number of hydrogen-bond donors (Lipinski definition) is 1. The van der Waals surface area contributed by atoms with Gasteiger partial charge in [0.1, 0.15) is 0 Å². The van der Waals surface area contributed by atoms with Crippen LogP contribution >= 0.6 is 15.9 Å². The van der Waals surface area contributed by atoms with Gasteiger partial charge in [-0.15, -0.1) is 0 Å². The minimum absolute atomic E-state index is 0.124. The molecule has 0 unspecified atom stereocenters. The Bertz CT molecular complexity index is 422. The van der Waals surface area contributed by atoms with Crippen LogP contribution < -0.4 is 4.72 Å². The van der Waals surface area contributed by atoms with Gasteiger partial charge >= 0.3 is 0 Å². The maximum atomic E-state index is 11.1. The molecule has 0 bridgehead atoms. The smallest absolute Gasteiger partial charge is 0.211 e. The highest BCUT2D eigenvalue weighted by atomic mass is 79.9. The lowest BCUT2D eigenvalue weighted by atomic mass is 10.4. The van der Waals surface area contributed by atoms with Gasteiger partial charge in [0.05, 0.1) is 15.9 Å². The van der Waals surface area contributed by atoms with Gasteiger partial charge in [-0.3, -0.25) is 4.68 Å². The Balaban J connectivity index is 2.31. The van der Waals surface area contributed by atoms with Gasteiger partial charge in [0.25, 0.3) is 0 Å². The second kappa shape index (κ2) is 5.79. The van der Waals surface area contributed by atoms with E-state index in [-0.39, 0.29) is 5.75 Å². The third-order valence-electron chi connectivity index (χ3n) is 2.15. The summed E-state index contributed by atoms with van der Waals surface area (Å²) in [5.41, 5.74) is 0.939. The number of sulfonamides is 1. The minimum Gasteiger partial charge on any atom is -0.271 e. The SMILES string of the molecule is CCS(=O)(=O)NCCCn1cc(Br)c(C)n1. The fraction of sp³-hybridized carbons (Fsp3) is 0.667. The molecule has 0 fully saturated rings. The summed E-state index contributed by atoms with van der Waals surface area (Å²) in [6, 6.07) is 0.